The average molecular weight is 310 g/mol. The van der Waals surface area contributed by atoms with Crippen LogP contribution in [0.25, 0.3) is 0 Å². The molecule has 0 aromatic carbocycles. The molecule has 0 N–H and O–H groups in total. The number of rotatable bonds is 4. The second kappa shape index (κ2) is 9.69. The molecule has 0 saturated carbocycles. The van der Waals surface area contributed by atoms with E-state index >= 15 is 0 Å². The second-order valence-corrected chi connectivity index (χ2v) is 4.30. The smallest absolute Gasteiger partial charge is 0.248 e. The molecule has 0 aliphatic rings. The third-order valence-corrected chi connectivity index (χ3v) is 1.57. The van der Waals surface area contributed by atoms with Crippen LogP contribution in [-0.4, -0.2) is 26.1 Å². The van der Waals surface area contributed by atoms with E-state index in [1.807, 2.05) is 0 Å². The highest BCUT2D eigenvalue weighted by Gasteiger charge is 2.06. The monoisotopic (exact) mass is 310 g/mol. The van der Waals surface area contributed by atoms with Gasteiger partial charge in [-0.2, -0.15) is 8.42 Å². The molecule has 4 nitrogen and oxygen atoms in total. The fourth-order valence-electron chi connectivity index (χ4n) is 0.323. The lowest BCUT2D eigenvalue weighted by Crippen LogP contribution is -2.09. The standard InChI is InChI=1S/C4H10O4S.C2H5I/c1-3-7-9(5,6)8-4-2;1-2-3/h3-4H2,1-2H3;2H2,1H3. The van der Waals surface area contributed by atoms with Crippen LogP contribution in [0.3, 0.4) is 0 Å². The first-order valence-electron chi connectivity index (χ1n) is 3.63. The maximum atomic E-state index is 10.4. The molecule has 0 aromatic rings. The van der Waals surface area contributed by atoms with Gasteiger partial charge in [-0.05, 0) is 18.3 Å². The van der Waals surface area contributed by atoms with E-state index < -0.39 is 10.4 Å². The summed E-state index contributed by atoms with van der Waals surface area (Å²) in [5, 5.41) is 0. The SMILES string of the molecule is CCI.CCOS(=O)(=O)OCC. The molecule has 76 valence electrons. The van der Waals surface area contributed by atoms with Crippen LogP contribution in [0.5, 0.6) is 0 Å². The Hall–Kier alpha value is 0.600. The Morgan fingerprint density at radius 3 is 1.50 bits per heavy atom. The molecule has 0 aliphatic carbocycles. The number of halogens is 1. The van der Waals surface area contributed by atoms with Crippen LogP contribution in [0.2, 0.25) is 0 Å². The zero-order valence-corrected chi connectivity index (χ0v) is 10.5. The molecule has 0 fully saturated rings. The molecule has 0 heterocycles. The Morgan fingerprint density at radius 2 is 1.33 bits per heavy atom. The van der Waals surface area contributed by atoms with Gasteiger partial charge in [0.15, 0.2) is 0 Å². The molecule has 0 spiro atoms. The Morgan fingerprint density at radius 1 is 1.08 bits per heavy atom. The molecule has 0 rings (SSSR count). The van der Waals surface area contributed by atoms with E-state index in [4.69, 9.17) is 0 Å². The van der Waals surface area contributed by atoms with Crippen molar-refractivity contribution in [3.8, 4) is 0 Å². The van der Waals surface area contributed by atoms with Gasteiger partial charge < -0.3 is 0 Å². The Labute approximate surface area is 88.1 Å². The first kappa shape index (κ1) is 15.1. The van der Waals surface area contributed by atoms with Gasteiger partial charge in [0.05, 0.1) is 13.2 Å². The largest absolute Gasteiger partial charge is 0.399 e. The van der Waals surface area contributed by atoms with E-state index in [-0.39, 0.29) is 13.2 Å². The molecular weight excluding hydrogens is 295 g/mol. The normalized spacial score (nSPS) is 10.3. The van der Waals surface area contributed by atoms with Gasteiger partial charge in [-0.3, -0.25) is 0 Å². The van der Waals surface area contributed by atoms with Crippen LogP contribution in [0, 0.1) is 0 Å². The fourth-order valence-corrected chi connectivity index (χ4v) is 0.968. The van der Waals surface area contributed by atoms with Crippen molar-refractivity contribution in [2.45, 2.75) is 20.8 Å². The Balaban J connectivity index is 0. The van der Waals surface area contributed by atoms with Gasteiger partial charge in [0.25, 0.3) is 0 Å². The van der Waals surface area contributed by atoms with E-state index in [1.165, 1.54) is 4.43 Å². The minimum absolute atomic E-state index is 0.113. The summed E-state index contributed by atoms with van der Waals surface area (Å²) in [5.41, 5.74) is 0. The zero-order valence-electron chi connectivity index (χ0n) is 7.54. The van der Waals surface area contributed by atoms with Crippen molar-refractivity contribution < 1.29 is 16.8 Å². The molecule has 12 heavy (non-hydrogen) atoms. The summed E-state index contributed by atoms with van der Waals surface area (Å²) in [7, 11) is -3.68. The Bertz CT molecular complexity index is 154. The van der Waals surface area contributed by atoms with Crippen molar-refractivity contribution in [3.05, 3.63) is 0 Å². The lowest BCUT2D eigenvalue weighted by Gasteiger charge is -1.99. The van der Waals surface area contributed by atoms with Crippen LogP contribution in [0.1, 0.15) is 20.8 Å². The van der Waals surface area contributed by atoms with Gasteiger partial charge in [-0.25, -0.2) is 8.37 Å². The molecule has 0 atom stereocenters. The third kappa shape index (κ3) is 13.2. The van der Waals surface area contributed by atoms with Crippen LogP contribution in [0.15, 0.2) is 0 Å². The van der Waals surface area contributed by atoms with Crippen molar-refractivity contribution in [2.75, 3.05) is 17.6 Å². The first-order chi connectivity index (χ1) is 5.54. The highest BCUT2D eigenvalue weighted by Crippen LogP contribution is 1.93. The highest BCUT2D eigenvalue weighted by molar-refractivity contribution is 14.1. The maximum absolute atomic E-state index is 10.4. The van der Waals surface area contributed by atoms with Crippen molar-refractivity contribution in [2.24, 2.45) is 0 Å². The predicted molar refractivity (Wildman–Crippen MR) is 56.7 cm³/mol. The maximum Gasteiger partial charge on any atom is 0.399 e. The number of alkyl halides is 1. The summed E-state index contributed by atoms with van der Waals surface area (Å²) < 4.78 is 30.4. The second-order valence-electron chi connectivity index (χ2n) is 1.49. The Kier molecular flexibility index (Phi) is 12.2. The van der Waals surface area contributed by atoms with E-state index in [9.17, 15) is 8.42 Å². The number of hydrogen-bond donors (Lipinski definition) is 0. The molecule has 6 heteroatoms. The summed E-state index contributed by atoms with van der Waals surface area (Å²) in [6.45, 7) is 5.50. The fraction of sp³-hybridized carbons (Fsp3) is 1.00. The van der Waals surface area contributed by atoms with E-state index in [0.717, 1.165) is 0 Å². The number of hydrogen-bond acceptors (Lipinski definition) is 4. The lowest BCUT2D eigenvalue weighted by atomic mass is 10.9. The molecule has 0 bridgehead atoms. The predicted octanol–water partition coefficient (Wildman–Crippen LogP) is 1.75. The van der Waals surface area contributed by atoms with Gasteiger partial charge in [0.1, 0.15) is 0 Å². The van der Waals surface area contributed by atoms with Crippen LogP contribution < -0.4 is 0 Å². The van der Waals surface area contributed by atoms with Crippen molar-refractivity contribution in [1.29, 1.82) is 0 Å². The third-order valence-electron chi connectivity index (χ3n) is 0.524. The molecule has 0 aromatic heterocycles. The van der Waals surface area contributed by atoms with E-state index in [1.54, 1.807) is 13.8 Å². The summed E-state index contributed by atoms with van der Waals surface area (Å²) in [4.78, 5) is 0. The minimum Gasteiger partial charge on any atom is -0.248 e. The van der Waals surface area contributed by atoms with Crippen molar-refractivity contribution in [1.82, 2.24) is 0 Å². The van der Waals surface area contributed by atoms with Gasteiger partial charge in [-0.1, -0.05) is 29.5 Å². The van der Waals surface area contributed by atoms with Crippen molar-refractivity contribution in [3.63, 3.8) is 0 Å². The van der Waals surface area contributed by atoms with E-state index in [0.29, 0.717) is 0 Å². The van der Waals surface area contributed by atoms with Crippen LogP contribution in [-0.2, 0) is 18.8 Å². The average Bonchev–Trinajstić information content (AvgIpc) is 1.88. The highest BCUT2D eigenvalue weighted by atomic mass is 127. The van der Waals surface area contributed by atoms with Crippen molar-refractivity contribution >= 4 is 33.0 Å². The van der Waals surface area contributed by atoms with Crippen LogP contribution in [0.4, 0.5) is 0 Å². The molecule has 0 amide bonds. The summed E-state index contributed by atoms with van der Waals surface area (Å²) in [5.74, 6) is 0. The summed E-state index contributed by atoms with van der Waals surface area (Å²) in [6, 6.07) is 0. The zero-order chi connectivity index (χ0) is 10.0. The quantitative estimate of drug-likeness (QED) is 0.586. The topological polar surface area (TPSA) is 52.6 Å². The molecule has 0 saturated heterocycles. The van der Waals surface area contributed by atoms with Gasteiger partial charge in [0, 0.05) is 0 Å². The molecular formula is C6H15IO4S. The first-order valence-corrected chi connectivity index (χ1v) is 6.49. The minimum atomic E-state index is -3.68. The van der Waals surface area contributed by atoms with E-state index in [2.05, 4.69) is 37.9 Å². The summed E-state index contributed by atoms with van der Waals surface area (Å²) in [6.07, 6.45) is 0. The molecule has 0 radical (unpaired) electrons. The summed E-state index contributed by atoms with van der Waals surface area (Å²) >= 11 is 2.29. The van der Waals surface area contributed by atoms with Gasteiger partial charge in [0.2, 0.25) is 0 Å². The van der Waals surface area contributed by atoms with Gasteiger partial charge >= 0.3 is 10.4 Å². The molecule has 0 unspecified atom stereocenters. The van der Waals surface area contributed by atoms with Crippen LogP contribution >= 0.6 is 22.6 Å². The molecule has 0 aliphatic heterocycles. The van der Waals surface area contributed by atoms with Gasteiger partial charge in [-0.15, -0.1) is 0 Å². The lowest BCUT2D eigenvalue weighted by molar-refractivity contribution is 0.231.